The molecule has 0 aliphatic carbocycles. The number of amides is 3. The van der Waals surface area contributed by atoms with Gasteiger partial charge in [-0.25, -0.2) is 4.79 Å². The summed E-state index contributed by atoms with van der Waals surface area (Å²) in [7, 11) is 0. The smallest absolute Gasteiger partial charge is 0.407 e. The van der Waals surface area contributed by atoms with Gasteiger partial charge in [0.05, 0.1) is 6.61 Å². The number of ether oxygens (including phenoxy) is 1. The van der Waals surface area contributed by atoms with E-state index in [1.807, 2.05) is 13.8 Å². The Balaban J connectivity index is 1.63. The largest absolute Gasteiger partial charge is 0.449 e. The Hall–Kier alpha value is -2.61. The molecule has 1 unspecified atom stereocenters. The van der Waals surface area contributed by atoms with Crippen LogP contribution >= 0.6 is 11.6 Å². The van der Waals surface area contributed by atoms with E-state index in [1.54, 1.807) is 24.3 Å². The molecule has 2 N–H and O–H groups in total. The summed E-state index contributed by atoms with van der Waals surface area (Å²) in [6, 6.07) is 6.35. The van der Waals surface area contributed by atoms with Crippen molar-refractivity contribution in [2.45, 2.75) is 65.0 Å². The van der Waals surface area contributed by atoms with Crippen LogP contribution in [0, 0.1) is 5.92 Å². The van der Waals surface area contributed by atoms with Crippen LogP contribution in [0.15, 0.2) is 24.3 Å². The highest BCUT2D eigenvalue weighted by atomic mass is 35.5. The molecule has 0 saturated carbocycles. The van der Waals surface area contributed by atoms with E-state index in [2.05, 4.69) is 10.6 Å². The number of Topliss-reactive ketones (excluding diaryl/α,β-unsaturated/α-hetero) is 1. The van der Waals surface area contributed by atoms with Gasteiger partial charge < -0.3 is 20.3 Å². The second-order valence-electron chi connectivity index (χ2n) is 8.66. The normalized spacial score (nSPS) is 15.6. The molecule has 1 aromatic rings. The molecule has 182 valence electrons. The van der Waals surface area contributed by atoms with Gasteiger partial charge in [-0.15, -0.1) is 0 Å². The molecule has 1 saturated heterocycles. The van der Waals surface area contributed by atoms with Crippen molar-refractivity contribution < 1.29 is 23.9 Å². The SMILES string of the molecule is CC(C)COC(=O)NCCCCCCNC(=O)C(=O)C1CCC(=O)N1Cc1ccc(Cl)cc1. The van der Waals surface area contributed by atoms with E-state index in [-0.39, 0.29) is 18.9 Å². The lowest BCUT2D eigenvalue weighted by Gasteiger charge is -2.23. The van der Waals surface area contributed by atoms with Gasteiger partial charge in [0.25, 0.3) is 5.91 Å². The summed E-state index contributed by atoms with van der Waals surface area (Å²) in [5.74, 6) is -1.04. The first-order valence-electron chi connectivity index (χ1n) is 11.5. The first-order valence-corrected chi connectivity index (χ1v) is 11.9. The molecule has 1 fully saturated rings. The quantitative estimate of drug-likeness (QED) is 0.333. The average molecular weight is 480 g/mol. The highest BCUT2D eigenvalue weighted by molar-refractivity contribution is 6.38. The number of hydrogen-bond donors (Lipinski definition) is 2. The van der Waals surface area contributed by atoms with E-state index in [9.17, 15) is 19.2 Å². The predicted molar refractivity (Wildman–Crippen MR) is 126 cm³/mol. The molecule has 1 atom stereocenters. The van der Waals surface area contributed by atoms with Gasteiger partial charge in [0.15, 0.2) is 0 Å². The number of nitrogens with one attached hydrogen (secondary N) is 2. The predicted octanol–water partition coefficient (Wildman–Crippen LogP) is 3.46. The van der Waals surface area contributed by atoms with Crippen molar-refractivity contribution >= 4 is 35.3 Å². The molecule has 0 aromatic heterocycles. The molecule has 1 aliphatic rings. The van der Waals surface area contributed by atoms with Crippen LogP contribution in [0.2, 0.25) is 5.02 Å². The first-order chi connectivity index (χ1) is 15.8. The fourth-order valence-electron chi connectivity index (χ4n) is 3.52. The van der Waals surface area contributed by atoms with Crippen LogP contribution in [0.5, 0.6) is 0 Å². The lowest BCUT2D eigenvalue weighted by molar-refractivity contribution is -0.143. The minimum absolute atomic E-state index is 0.127. The van der Waals surface area contributed by atoms with E-state index in [4.69, 9.17) is 16.3 Å². The summed E-state index contributed by atoms with van der Waals surface area (Å²) in [5, 5.41) is 5.97. The first kappa shape index (κ1) is 26.6. The van der Waals surface area contributed by atoms with Gasteiger partial charge in [-0.05, 0) is 42.9 Å². The number of ketones is 1. The van der Waals surface area contributed by atoms with Gasteiger partial charge in [-0.2, -0.15) is 0 Å². The Morgan fingerprint density at radius 2 is 1.70 bits per heavy atom. The summed E-state index contributed by atoms with van der Waals surface area (Å²) < 4.78 is 5.03. The van der Waals surface area contributed by atoms with Crippen molar-refractivity contribution in [3.05, 3.63) is 34.9 Å². The summed E-state index contributed by atoms with van der Waals surface area (Å²) in [6.45, 7) is 5.57. The molecular weight excluding hydrogens is 446 g/mol. The van der Waals surface area contributed by atoms with E-state index >= 15 is 0 Å². The number of rotatable bonds is 13. The molecule has 3 amide bonds. The van der Waals surface area contributed by atoms with Crippen LogP contribution in [-0.4, -0.2) is 54.3 Å². The Kier molecular flexibility index (Phi) is 11.2. The number of carbonyl (C=O) groups is 4. The topological polar surface area (TPSA) is 105 Å². The van der Waals surface area contributed by atoms with E-state index in [0.29, 0.717) is 37.1 Å². The lowest BCUT2D eigenvalue weighted by Crippen LogP contribution is -2.45. The molecular formula is C24H34ClN3O5. The maximum Gasteiger partial charge on any atom is 0.407 e. The summed E-state index contributed by atoms with van der Waals surface area (Å²) in [5.41, 5.74) is 0.857. The number of benzene rings is 1. The maximum absolute atomic E-state index is 12.6. The minimum atomic E-state index is -0.727. The van der Waals surface area contributed by atoms with Gasteiger partial charge in [-0.3, -0.25) is 14.4 Å². The Labute approximate surface area is 200 Å². The molecule has 0 spiro atoms. The van der Waals surface area contributed by atoms with Gasteiger partial charge >= 0.3 is 6.09 Å². The third-order valence-corrected chi connectivity index (χ3v) is 5.58. The number of hydrogen-bond acceptors (Lipinski definition) is 5. The molecule has 0 radical (unpaired) electrons. The van der Waals surface area contributed by atoms with Crippen molar-refractivity contribution in [2.75, 3.05) is 19.7 Å². The maximum atomic E-state index is 12.6. The zero-order valence-corrected chi connectivity index (χ0v) is 20.2. The average Bonchev–Trinajstić information content (AvgIpc) is 3.14. The highest BCUT2D eigenvalue weighted by Crippen LogP contribution is 2.23. The standard InChI is InChI=1S/C24H34ClN3O5/c1-17(2)16-33-24(32)27-14-6-4-3-5-13-26-23(31)22(30)20-11-12-21(29)28(20)15-18-7-9-19(25)10-8-18/h7-10,17,20H,3-6,11-16H2,1-2H3,(H,26,31)(H,27,32). The molecule has 8 nitrogen and oxygen atoms in total. The number of likely N-dealkylation sites (tertiary alicyclic amines) is 1. The third kappa shape index (κ3) is 9.42. The number of unbranched alkanes of at least 4 members (excludes halogenated alkanes) is 3. The van der Waals surface area contributed by atoms with Crippen LogP contribution in [-0.2, 0) is 25.7 Å². The zero-order valence-electron chi connectivity index (χ0n) is 19.4. The fourth-order valence-corrected chi connectivity index (χ4v) is 3.64. The van der Waals surface area contributed by atoms with Crippen LogP contribution in [0.1, 0.15) is 57.9 Å². The summed E-state index contributed by atoms with van der Waals surface area (Å²) in [6.07, 6.45) is 3.51. The van der Waals surface area contributed by atoms with Crippen molar-refractivity contribution in [2.24, 2.45) is 5.92 Å². The van der Waals surface area contributed by atoms with Crippen LogP contribution in [0.25, 0.3) is 0 Å². The van der Waals surface area contributed by atoms with E-state index in [1.165, 1.54) is 4.90 Å². The number of carbonyl (C=O) groups excluding carboxylic acids is 4. The second-order valence-corrected chi connectivity index (χ2v) is 9.09. The lowest BCUT2D eigenvalue weighted by atomic mass is 10.1. The van der Waals surface area contributed by atoms with Gasteiger partial charge in [0.1, 0.15) is 6.04 Å². The van der Waals surface area contributed by atoms with Crippen molar-refractivity contribution in [3.8, 4) is 0 Å². The van der Waals surface area contributed by atoms with Gasteiger partial charge in [0.2, 0.25) is 11.7 Å². The molecule has 1 aliphatic heterocycles. The van der Waals surface area contributed by atoms with Crippen LogP contribution in [0.4, 0.5) is 4.79 Å². The molecule has 0 bridgehead atoms. The molecule has 9 heteroatoms. The van der Waals surface area contributed by atoms with Crippen LogP contribution < -0.4 is 10.6 Å². The third-order valence-electron chi connectivity index (χ3n) is 5.33. The molecule has 1 aromatic carbocycles. The van der Waals surface area contributed by atoms with Gasteiger partial charge in [0, 0.05) is 31.1 Å². The van der Waals surface area contributed by atoms with Gasteiger partial charge in [-0.1, -0.05) is 50.4 Å². The highest BCUT2D eigenvalue weighted by Gasteiger charge is 2.38. The Morgan fingerprint density at radius 1 is 1.06 bits per heavy atom. The van der Waals surface area contributed by atoms with Crippen molar-refractivity contribution in [3.63, 3.8) is 0 Å². The van der Waals surface area contributed by atoms with Crippen molar-refractivity contribution in [1.82, 2.24) is 15.5 Å². The minimum Gasteiger partial charge on any atom is -0.449 e. The summed E-state index contributed by atoms with van der Waals surface area (Å²) >= 11 is 5.90. The van der Waals surface area contributed by atoms with E-state index < -0.39 is 23.8 Å². The second kappa shape index (κ2) is 13.8. The molecule has 1 heterocycles. The number of alkyl carbamates (subject to hydrolysis) is 1. The monoisotopic (exact) mass is 479 g/mol. The summed E-state index contributed by atoms with van der Waals surface area (Å²) in [4.78, 5) is 50.1. The fraction of sp³-hybridized carbons (Fsp3) is 0.583. The zero-order chi connectivity index (χ0) is 24.2. The van der Waals surface area contributed by atoms with Crippen LogP contribution in [0.3, 0.4) is 0 Å². The Bertz CT molecular complexity index is 813. The number of nitrogens with zero attached hydrogens (tertiary/aromatic N) is 1. The van der Waals surface area contributed by atoms with E-state index in [0.717, 1.165) is 31.2 Å². The molecule has 33 heavy (non-hydrogen) atoms. The molecule has 2 rings (SSSR count). The Morgan fingerprint density at radius 3 is 2.33 bits per heavy atom. The number of halogens is 1. The van der Waals surface area contributed by atoms with Crippen molar-refractivity contribution in [1.29, 1.82) is 0 Å².